The van der Waals surface area contributed by atoms with E-state index in [-0.39, 0.29) is 18.7 Å². The summed E-state index contributed by atoms with van der Waals surface area (Å²) in [6, 6.07) is 0. The van der Waals surface area contributed by atoms with Crippen molar-refractivity contribution in [1.29, 1.82) is 0 Å². The van der Waals surface area contributed by atoms with E-state index >= 15 is 0 Å². The molecule has 0 radical (unpaired) electrons. The van der Waals surface area contributed by atoms with Crippen molar-refractivity contribution in [2.45, 2.75) is 230 Å². The van der Waals surface area contributed by atoms with Gasteiger partial charge in [0.25, 0.3) is 0 Å². The number of β-amino-alcohol motifs (C(OH)–C–C–N with tert-alkyl or cyclic N) is 1. The van der Waals surface area contributed by atoms with Crippen LogP contribution in [0.3, 0.4) is 0 Å². The average molecular weight is 895 g/mol. The van der Waals surface area contributed by atoms with E-state index in [1.165, 1.54) is 116 Å². The molecule has 0 aliphatic carbocycles. The lowest BCUT2D eigenvalue weighted by Crippen LogP contribution is -2.51. The number of hydrogen-bond donors (Lipinski definition) is 1. The van der Waals surface area contributed by atoms with Crippen molar-refractivity contribution in [3.8, 4) is 0 Å². The van der Waals surface area contributed by atoms with E-state index in [2.05, 4.69) is 88.0 Å². The summed E-state index contributed by atoms with van der Waals surface area (Å²) in [5, 5.41) is 9.73. The normalized spacial score (nSPS) is 17.8. The van der Waals surface area contributed by atoms with Crippen molar-refractivity contribution in [1.82, 2.24) is 4.90 Å². The highest BCUT2D eigenvalue weighted by atomic mass is 16.5. The lowest BCUT2D eigenvalue weighted by atomic mass is 9.91. The molecule has 0 bridgehead atoms. The van der Waals surface area contributed by atoms with Crippen LogP contribution >= 0.6 is 0 Å². The highest BCUT2D eigenvalue weighted by molar-refractivity contribution is 5.69. The van der Waals surface area contributed by atoms with Gasteiger partial charge in [-0.25, -0.2) is 0 Å². The van der Waals surface area contributed by atoms with Gasteiger partial charge in [0, 0.05) is 39.5 Å². The SMILES string of the molecule is CC(C)CCCC(C)CCCC(C)CCOCC(COCCC(C)CCCC(C)CCCC(C)C)(COCCC(C)CCCC(C)CCCC(C)C)COC(=O)CCN1CC(O)C1. The molecule has 63 heavy (non-hydrogen) atoms. The first-order valence-corrected chi connectivity index (χ1v) is 27.3. The summed E-state index contributed by atoms with van der Waals surface area (Å²) in [6.07, 6.45) is 26.8. The maximum atomic E-state index is 13.1. The van der Waals surface area contributed by atoms with Crippen LogP contribution in [0.2, 0.25) is 0 Å². The van der Waals surface area contributed by atoms with Crippen LogP contribution in [0.1, 0.15) is 224 Å². The maximum Gasteiger partial charge on any atom is 0.307 e. The Morgan fingerprint density at radius 1 is 0.460 bits per heavy atom. The summed E-state index contributed by atoms with van der Waals surface area (Å²) in [4.78, 5) is 15.3. The Labute approximate surface area is 393 Å². The van der Waals surface area contributed by atoms with E-state index in [0.717, 1.165) is 54.8 Å². The highest BCUT2D eigenvalue weighted by Crippen LogP contribution is 2.26. The Morgan fingerprint density at radius 3 is 1.03 bits per heavy atom. The molecule has 0 aromatic carbocycles. The van der Waals surface area contributed by atoms with Gasteiger partial charge in [-0.05, 0) is 72.5 Å². The van der Waals surface area contributed by atoms with Crippen LogP contribution in [0.15, 0.2) is 0 Å². The molecule has 0 saturated carbocycles. The van der Waals surface area contributed by atoms with Gasteiger partial charge >= 0.3 is 5.97 Å². The van der Waals surface area contributed by atoms with Crippen molar-refractivity contribution >= 4 is 5.97 Å². The fraction of sp³-hybridized carbons (Fsp3) is 0.982. The highest BCUT2D eigenvalue weighted by Gasteiger charge is 2.34. The fourth-order valence-electron chi connectivity index (χ4n) is 9.18. The minimum Gasteiger partial charge on any atom is -0.465 e. The molecule has 6 atom stereocenters. The number of rotatable bonds is 44. The van der Waals surface area contributed by atoms with Crippen molar-refractivity contribution in [2.75, 3.05) is 65.9 Å². The van der Waals surface area contributed by atoms with Crippen LogP contribution in [0.4, 0.5) is 0 Å². The third-order valence-corrected chi connectivity index (χ3v) is 14.2. The Kier molecular flexibility index (Phi) is 35.7. The van der Waals surface area contributed by atoms with Crippen molar-refractivity contribution in [3.63, 3.8) is 0 Å². The third-order valence-electron chi connectivity index (χ3n) is 14.2. The summed E-state index contributed by atoms with van der Waals surface area (Å²) >= 11 is 0. The van der Waals surface area contributed by atoms with E-state index in [9.17, 15) is 9.90 Å². The first kappa shape index (κ1) is 60.3. The average Bonchev–Trinajstić information content (AvgIpc) is 3.19. The van der Waals surface area contributed by atoms with Crippen LogP contribution in [0, 0.1) is 58.7 Å². The molecule has 6 unspecified atom stereocenters. The zero-order chi connectivity index (χ0) is 46.9. The largest absolute Gasteiger partial charge is 0.465 e. The second-order valence-electron chi connectivity index (χ2n) is 23.2. The van der Waals surface area contributed by atoms with E-state index in [4.69, 9.17) is 18.9 Å². The van der Waals surface area contributed by atoms with Gasteiger partial charge in [0.15, 0.2) is 0 Å². The van der Waals surface area contributed by atoms with Gasteiger partial charge in [0.1, 0.15) is 6.61 Å². The van der Waals surface area contributed by atoms with Crippen LogP contribution in [-0.2, 0) is 23.7 Å². The molecule has 0 aromatic heterocycles. The maximum absolute atomic E-state index is 13.1. The molecule has 0 amide bonds. The van der Waals surface area contributed by atoms with Crippen molar-refractivity contribution < 1.29 is 28.8 Å². The molecule has 1 aliphatic heterocycles. The van der Waals surface area contributed by atoms with Gasteiger partial charge in [-0.3, -0.25) is 9.69 Å². The first-order chi connectivity index (χ1) is 30.0. The number of carbonyl (C=O) groups excluding carboxylic acids is 1. The lowest BCUT2D eigenvalue weighted by molar-refractivity contribution is -0.157. The number of likely N-dealkylation sites (tertiary alicyclic amines) is 1. The van der Waals surface area contributed by atoms with Gasteiger partial charge in [0.05, 0.1) is 37.8 Å². The van der Waals surface area contributed by atoms with Gasteiger partial charge in [-0.2, -0.15) is 0 Å². The molecule has 7 heteroatoms. The topological polar surface area (TPSA) is 77.5 Å². The fourth-order valence-corrected chi connectivity index (χ4v) is 9.18. The van der Waals surface area contributed by atoms with Crippen LogP contribution in [0.25, 0.3) is 0 Å². The Balaban J connectivity index is 2.85. The molecule has 7 nitrogen and oxygen atoms in total. The summed E-state index contributed by atoms with van der Waals surface area (Å²) in [5.74, 6) is 6.46. The third kappa shape index (κ3) is 35.1. The summed E-state index contributed by atoms with van der Waals surface area (Å²) in [6.45, 7) is 33.9. The summed E-state index contributed by atoms with van der Waals surface area (Å²) < 4.78 is 25.7. The van der Waals surface area contributed by atoms with Gasteiger partial charge in [-0.15, -0.1) is 0 Å². The molecule has 1 fully saturated rings. The zero-order valence-corrected chi connectivity index (χ0v) is 44.3. The second-order valence-corrected chi connectivity index (χ2v) is 23.2. The Hall–Kier alpha value is -0.730. The molecule has 1 saturated heterocycles. The first-order valence-electron chi connectivity index (χ1n) is 27.3. The van der Waals surface area contributed by atoms with Crippen LogP contribution in [0.5, 0.6) is 0 Å². The molecular formula is C56H111NO6. The quantitative estimate of drug-likeness (QED) is 0.0482. The minimum absolute atomic E-state index is 0.202. The molecular weight excluding hydrogens is 783 g/mol. The Morgan fingerprint density at radius 2 is 0.746 bits per heavy atom. The number of carbonyl (C=O) groups is 1. The predicted molar refractivity (Wildman–Crippen MR) is 269 cm³/mol. The number of esters is 1. The standard InChI is InChI=1S/C56H111NO6/c1-45(2)19-13-22-48(7)25-16-28-51(10)32-36-60-41-56(44-63-55(59)31-35-57-39-54(58)40-57,42-61-37-33-52(11)29-17-26-49(8)23-14-20-46(3)4)43-62-38-34-53(12)30-18-27-50(9)24-15-21-47(5)6/h45-54,58H,13-44H2,1-12H3. The number of hydrogen-bond acceptors (Lipinski definition) is 7. The molecule has 0 spiro atoms. The van der Waals surface area contributed by atoms with Gasteiger partial charge in [0.2, 0.25) is 0 Å². The van der Waals surface area contributed by atoms with Crippen molar-refractivity contribution in [3.05, 3.63) is 0 Å². The van der Waals surface area contributed by atoms with E-state index in [1.54, 1.807) is 0 Å². The monoisotopic (exact) mass is 894 g/mol. The number of aliphatic hydroxyl groups excluding tert-OH is 1. The summed E-state index contributed by atoms with van der Waals surface area (Å²) in [5.41, 5.74) is -0.569. The van der Waals surface area contributed by atoms with Crippen LogP contribution < -0.4 is 0 Å². The lowest BCUT2D eigenvalue weighted by Gasteiger charge is -2.36. The van der Waals surface area contributed by atoms with E-state index in [0.29, 0.717) is 83.5 Å². The molecule has 1 aliphatic rings. The van der Waals surface area contributed by atoms with E-state index < -0.39 is 5.41 Å². The molecule has 1 heterocycles. The van der Waals surface area contributed by atoms with Crippen molar-refractivity contribution in [2.24, 2.45) is 58.7 Å². The second kappa shape index (κ2) is 37.3. The Bertz CT molecular complexity index is 947. The van der Waals surface area contributed by atoms with Crippen LogP contribution in [-0.4, -0.2) is 88.0 Å². The van der Waals surface area contributed by atoms with Gasteiger partial charge in [-0.1, -0.05) is 199 Å². The molecule has 1 N–H and O–H groups in total. The molecule has 0 aromatic rings. The predicted octanol–water partition coefficient (Wildman–Crippen LogP) is 14.6. The van der Waals surface area contributed by atoms with E-state index in [1.807, 2.05) is 0 Å². The van der Waals surface area contributed by atoms with Gasteiger partial charge < -0.3 is 24.1 Å². The zero-order valence-electron chi connectivity index (χ0n) is 44.3. The minimum atomic E-state index is -0.569. The number of ether oxygens (including phenoxy) is 4. The molecule has 376 valence electrons. The summed E-state index contributed by atoms with van der Waals surface area (Å²) in [7, 11) is 0. The number of aliphatic hydroxyl groups is 1. The number of nitrogens with zero attached hydrogens (tertiary/aromatic N) is 1. The molecule has 1 rings (SSSR count). The smallest absolute Gasteiger partial charge is 0.307 e.